The van der Waals surface area contributed by atoms with Crippen LogP contribution in [-0.2, 0) is 6.42 Å². The minimum Gasteiger partial charge on any atom is -0.488 e. The Kier molecular flexibility index (Phi) is 10.7. The van der Waals surface area contributed by atoms with Gasteiger partial charge < -0.3 is 4.74 Å². The number of benzene rings is 1. The van der Waals surface area contributed by atoms with Crippen LogP contribution in [-0.4, -0.2) is 15.7 Å². The first-order valence-electron chi connectivity index (χ1n) is 11.8. The molecule has 0 bridgehead atoms. The Bertz CT molecular complexity index is 746. The molecule has 0 atom stereocenters. The SMILES string of the molecule is CCCCCCCCCCCCCC(C)(C)Oc1ccc(Cc2noc(=O)[nH]2)cc1. The van der Waals surface area contributed by atoms with Crippen molar-refractivity contribution in [3.8, 4) is 5.75 Å². The second-order valence-electron chi connectivity index (χ2n) is 9.01. The summed E-state index contributed by atoms with van der Waals surface area (Å²) < 4.78 is 10.7. The average molecular weight is 417 g/mol. The van der Waals surface area contributed by atoms with Crippen molar-refractivity contribution in [2.75, 3.05) is 0 Å². The molecule has 0 aliphatic heterocycles. The number of hydrogen-bond donors (Lipinski definition) is 1. The van der Waals surface area contributed by atoms with Gasteiger partial charge in [-0.2, -0.15) is 0 Å². The molecule has 5 heteroatoms. The largest absolute Gasteiger partial charge is 0.488 e. The van der Waals surface area contributed by atoms with E-state index < -0.39 is 5.76 Å². The lowest BCUT2D eigenvalue weighted by molar-refractivity contribution is 0.0960. The number of H-pyrrole nitrogens is 1. The molecule has 2 aromatic rings. The van der Waals surface area contributed by atoms with E-state index in [1.165, 1.54) is 70.6 Å². The number of rotatable bonds is 16. The molecule has 0 saturated carbocycles. The first-order valence-corrected chi connectivity index (χ1v) is 11.8. The zero-order valence-corrected chi connectivity index (χ0v) is 19.2. The van der Waals surface area contributed by atoms with E-state index in [-0.39, 0.29) is 5.60 Å². The Balaban J connectivity index is 1.57. The lowest BCUT2D eigenvalue weighted by Crippen LogP contribution is -2.28. The van der Waals surface area contributed by atoms with E-state index in [9.17, 15) is 4.79 Å². The van der Waals surface area contributed by atoms with Crippen molar-refractivity contribution in [2.24, 2.45) is 0 Å². The maximum Gasteiger partial charge on any atom is 0.438 e. The summed E-state index contributed by atoms with van der Waals surface area (Å²) in [5.74, 6) is 0.889. The Morgan fingerprint density at radius 1 is 0.900 bits per heavy atom. The summed E-state index contributed by atoms with van der Waals surface area (Å²) in [7, 11) is 0. The minimum atomic E-state index is -0.519. The van der Waals surface area contributed by atoms with Crippen LogP contribution in [0.4, 0.5) is 0 Å². The van der Waals surface area contributed by atoms with Gasteiger partial charge in [0.15, 0.2) is 5.82 Å². The summed E-state index contributed by atoms with van der Waals surface area (Å²) in [5, 5.41) is 3.70. The van der Waals surface area contributed by atoms with E-state index in [0.717, 1.165) is 17.7 Å². The van der Waals surface area contributed by atoms with E-state index in [0.29, 0.717) is 12.2 Å². The molecule has 1 heterocycles. The van der Waals surface area contributed by atoms with E-state index in [4.69, 9.17) is 4.74 Å². The van der Waals surface area contributed by atoms with Gasteiger partial charge in [0.2, 0.25) is 0 Å². The van der Waals surface area contributed by atoms with Gasteiger partial charge in [-0.3, -0.25) is 9.51 Å². The van der Waals surface area contributed by atoms with Crippen LogP contribution in [0.25, 0.3) is 0 Å². The second kappa shape index (κ2) is 13.3. The zero-order chi connectivity index (χ0) is 21.7. The normalized spacial score (nSPS) is 11.7. The highest BCUT2D eigenvalue weighted by Gasteiger charge is 2.19. The lowest BCUT2D eigenvalue weighted by Gasteiger charge is -2.26. The summed E-state index contributed by atoms with van der Waals surface area (Å²) >= 11 is 0. The summed E-state index contributed by atoms with van der Waals surface area (Å²) in [6.45, 7) is 6.60. The fraction of sp³-hybridized carbons (Fsp3) is 0.680. The molecule has 0 radical (unpaired) electrons. The third kappa shape index (κ3) is 10.1. The van der Waals surface area contributed by atoms with Crippen LogP contribution in [0, 0.1) is 0 Å². The topological polar surface area (TPSA) is 68.1 Å². The maximum absolute atomic E-state index is 11.0. The molecule has 0 fully saturated rings. The molecule has 0 spiro atoms. The van der Waals surface area contributed by atoms with Crippen LogP contribution in [0.5, 0.6) is 5.75 Å². The Labute approximate surface area is 181 Å². The maximum atomic E-state index is 11.0. The standard InChI is InChI=1S/C25H40N2O3/c1-4-5-6-7-8-9-10-11-12-13-14-19-25(2,3)29-22-17-15-21(16-18-22)20-23-26-24(28)30-27-23/h15-18H,4-14,19-20H2,1-3H3,(H,26,27,28). The molecule has 30 heavy (non-hydrogen) atoms. The summed E-state index contributed by atoms with van der Waals surface area (Å²) in [4.78, 5) is 13.6. The van der Waals surface area contributed by atoms with Crippen LogP contribution >= 0.6 is 0 Å². The first kappa shape index (κ1) is 24.2. The van der Waals surface area contributed by atoms with Gasteiger partial charge in [0.05, 0.1) is 0 Å². The van der Waals surface area contributed by atoms with Crippen molar-refractivity contribution < 1.29 is 9.26 Å². The molecule has 0 unspecified atom stereocenters. The predicted molar refractivity (Wildman–Crippen MR) is 122 cm³/mol. The third-order valence-corrected chi connectivity index (χ3v) is 5.56. The van der Waals surface area contributed by atoms with Gasteiger partial charge in [0, 0.05) is 6.42 Å². The average Bonchev–Trinajstić information content (AvgIpc) is 3.12. The molecule has 0 aliphatic rings. The molecule has 0 amide bonds. The number of unbranched alkanes of at least 4 members (excludes halogenated alkanes) is 10. The summed E-state index contributed by atoms with van der Waals surface area (Å²) in [6.07, 6.45) is 16.6. The first-order chi connectivity index (χ1) is 14.5. The zero-order valence-electron chi connectivity index (χ0n) is 19.2. The predicted octanol–water partition coefficient (Wildman–Crippen LogP) is 6.81. The Morgan fingerprint density at radius 3 is 2.00 bits per heavy atom. The quantitative estimate of drug-likeness (QED) is 0.305. The fourth-order valence-electron chi connectivity index (χ4n) is 3.79. The number of ether oxygens (including phenoxy) is 1. The van der Waals surface area contributed by atoms with Gasteiger partial charge in [-0.15, -0.1) is 0 Å². The molecular weight excluding hydrogens is 376 g/mol. The Hall–Kier alpha value is -2.04. The number of aromatic amines is 1. The highest BCUT2D eigenvalue weighted by atomic mass is 16.5. The monoisotopic (exact) mass is 416 g/mol. The fourth-order valence-corrected chi connectivity index (χ4v) is 3.79. The van der Waals surface area contributed by atoms with Crippen LogP contribution in [0.15, 0.2) is 33.6 Å². The van der Waals surface area contributed by atoms with Gasteiger partial charge in [0.1, 0.15) is 11.4 Å². The van der Waals surface area contributed by atoms with Crippen molar-refractivity contribution in [1.82, 2.24) is 10.1 Å². The van der Waals surface area contributed by atoms with Crippen LogP contribution < -0.4 is 10.5 Å². The van der Waals surface area contributed by atoms with Crippen molar-refractivity contribution in [3.05, 3.63) is 46.2 Å². The molecule has 5 nitrogen and oxygen atoms in total. The molecule has 168 valence electrons. The van der Waals surface area contributed by atoms with E-state index in [1.54, 1.807) is 0 Å². The molecule has 0 aliphatic carbocycles. The van der Waals surface area contributed by atoms with E-state index >= 15 is 0 Å². The van der Waals surface area contributed by atoms with E-state index in [2.05, 4.69) is 35.4 Å². The smallest absolute Gasteiger partial charge is 0.438 e. The summed E-state index contributed by atoms with van der Waals surface area (Å²) in [5.41, 5.74) is 0.882. The van der Waals surface area contributed by atoms with Gasteiger partial charge in [-0.25, -0.2) is 4.79 Å². The van der Waals surface area contributed by atoms with Gasteiger partial charge >= 0.3 is 5.76 Å². The van der Waals surface area contributed by atoms with Gasteiger partial charge in [-0.1, -0.05) is 88.4 Å². The number of hydrogen-bond acceptors (Lipinski definition) is 4. The number of nitrogens with one attached hydrogen (secondary N) is 1. The molecular formula is C25H40N2O3. The van der Waals surface area contributed by atoms with Crippen molar-refractivity contribution in [2.45, 2.75) is 110 Å². The van der Waals surface area contributed by atoms with Crippen LogP contribution in [0.3, 0.4) is 0 Å². The molecule has 1 N–H and O–H groups in total. The lowest BCUT2D eigenvalue weighted by atomic mass is 9.98. The third-order valence-electron chi connectivity index (χ3n) is 5.56. The van der Waals surface area contributed by atoms with E-state index in [1.807, 2.05) is 24.3 Å². The highest BCUT2D eigenvalue weighted by molar-refractivity contribution is 5.29. The molecule has 1 aromatic carbocycles. The molecule has 1 aromatic heterocycles. The second-order valence-corrected chi connectivity index (χ2v) is 9.01. The van der Waals surface area contributed by atoms with Crippen molar-refractivity contribution in [3.63, 3.8) is 0 Å². The van der Waals surface area contributed by atoms with Crippen molar-refractivity contribution >= 4 is 0 Å². The van der Waals surface area contributed by atoms with Gasteiger partial charge in [-0.05, 0) is 44.4 Å². The van der Waals surface area contributed by atoms with Crippen LogP contribution in [0.2, 0.25) is 0 Å². The van der Waals surface area contributed by atoms with Crippen molar-refractivity contribution in [1.29, 1.82) is 0 Å². The van der Waals surface area contributed by atoms with Gasteiger partial charge in [0.25, 0.3) is 0 Å². The highest BCUT2D eigenvalue weighted by Crippen LogP contribution is 2.24. The summed E-state index contributed by atoms with van der Waals surface area (Å²) in [6, 6.07) is 7.97. The molecule has 2 rings (SSSR count). The number of nitrogens with zero attached hydrogens (tertiary/aromatic N) is 1. The number of aromatic nitrogens is 2. The minimum absolute atomic E-state index is 0.169. The molecule has 0 saturated heterocycles. The van der Waals surface area contributed by atoms with Crippen LogP contribution in [0.1, 0.15) is 109 Å². The Morgan fingerprint density at radius 2 is 1.47 bits per heavy atom.